The second kappa shape index (κ2) is 6.60. The van der Waals surface area contributed by atoms with Crippen molar-refractivity contribution >= 4 is 0 Å². The quantitative estimate of drug-likeness (QED) is 0.717. The molecular weight excluding hydrogens is 292 g/mol. The summed E-state index contributed by atoms with van der Waals surface area (Å²) in [6, 6.07) is 0. The second-order valence-corrected chi connectivity index (χ2v) is 8.56. The first kappa shape index (κ1) is 17.6. The molecule has 0 spiro atoms. The van der Waals surface area contributed by atoms with E-state index in [1.165, 1.54) is 12.8 Å². The molecule has 1 heterocycles. The van der Waals surface area contributed by atoms with Crippen molar-refractivity contribution in [3.63, 3.8) is 0 Å². The van der Waals surface area contributed by atoms with Crippen LogP contribution in [0.25, 0.3) is 0 Å². The Labute approximate surface area is 140 Å². The Balaban J connectivity index is 1.47. The van der Waals surface area contributed by atoms with E-state index in [-0.39, 0.29) is 18.1 Å². The summed E-state index contributed by atoms with van der Waals surface area (Å²) in [5.41, 5.74) is 0.534. The van der Waals surface area contributed by atoms with E-state index in [0.29, 0.717) is 12.0 Å². The molecule has 2 saturated carbocycles. The Kier molecular flexibility index (Phi) is 5.06. The van der Waals surface area contributed by atoms with E-state index in [1.807, 2.05) is 0 Å². The molecule has 5 nitrogen and oxygen atoms in total. The summed E-state index contributed by atoms with van der Waals surface area (Å²) < 4.78 is 6.12. The lowest BCUT2D eigenvalue weighted by atomic mass is 9.70. The van der Waals surface area contributed by atoms with Crippen molar-refractivity contribution in [2.24, 2.45) is 16.7 Å². The number of hydrogen-bond acceptors (Lipinski definition) is 5. The highest BCUT2D eigenvalue weighted by molar-refractivity contribution is 5.11. The largest absolute Gasteiger partial charge is 0.395 e. The van der Waals surface area contributed by atoms with E-state index < -0.39 is 6.29 Å². The van der Waals surface area contributed by atoms with Crippen LogP contribution >= 0.6 is 0 Å². The van der Waals surface area contributed by atoms with Crippen LogP contribution in [0.3, 0.4) is 0 Å². The van der Waals surface area contributed by atoms with Crippen molar-refractivity contribution in [3.8, 4) is 0 Å². The van der Waals surface area contributed by atoms with Crippen molar-refractivity contribution < 1.29 is 14.9 Å². The SMILES string of the molecule is CC1(C)[C@H]2CC[C@@]1(C)[C@H](O[C@@H](O)CN1CCN(CCO)CC1)C2. The average Bonchev–Trinajstić information content (AvgIpc) is 2.83. The fourth-order valence-corrected chi connectivity index (χ4v) is 5.13. The van der Waals surface area contributed by atoms with Gasteiger partial charge in [0.15, 0.2) is 6.29 Å². The number of rotatable bonds is 6. The van der Waals surface area contributed by atoms with Crippen LogP contribution in [0.4, 0.5) is 0 Å². The third-order valence-electron chi connectivity index (χ3n) is 7.33. The summed E-state index contributed by atoms with van der Waals surface area (Å²) in [6.07, 6.45) is 3.15. The average molecular weight is 326 g/mol. The van der Waals surface area contributed by atoms with Crippen LogP contribution in [0.5, 0.6) is 0 Å². The number of hydrogen-bond donors (Lipinski definition) is 2. The topological polar surface area (TPSA) is 56.2 Å². The van der Waals surface area contributed by atoms with Crippen molar-refractivity contribution in [1.29, 1.82) is 0 Å². The third-order valence-corrected chi connectivity index (χ3v) is 7.33. The molecule has 0 aromatic carbocycles. The molecular formula is C18H34N2O3. The van der Waals surface area contributed by atoms with Gasteiger partial charge in [0.2, 0.25) is 0 Å². The maximum Gasteiger partial charge on any atom is 0.167 e. The summed E-state index contributed by atoms with van der Waals surface area (Å²) in [5.74, 6) is 0.742. The Hall–Kier alpha value is -0.200. The molecule has 0 radical (unpaired) electrons. The van der Waals surface area contributed by atoms with Gasteiger partial charge in [0, 0.05) is 39.3 Å². The molecule has 4 atom stereocenters. The summed E-state index contributed by atoms with van der Waals surface area (Å²) in [4.78, 5) is 4.54. The molecule has 3 rings (SSSR count). The van der Waals surface area contributed by atoms with Gasteiger partial charge in [0.25, 0.3) is 0 Å². The minimum Gasteiger partial charge on any atom is -0.395 e. The Bertz CT molecular complexity index is 409. The van der Waals surface area contributed by atoms with Gasteiger partial charge in [-0.2, -0.15) is 0 Å². The molecule has 1 saturated heterocycles. The van der Waals surface area contributed by atoms with E-state index in [1.54, 1.807) is 0 Å². The zero-order valence-corrected chi connectivity index (χ0v) is 15.0. The van der Waals surface area contributed by atoms with Crippen molar-refractivity contribution in [1.82, 2.24) is 9.80 Å². The monoisotopic (exact) mass is 326 g/mol. The number of aliphatic hydroxyl groups is 2. The van der Waals surface area contributed by atoms with Gasteiger partial charge in [-0.3, -0.25) is 9.80 Å². The Morgan fingerprint density at radius 1 is 1.13 bits per heavy atom. The zero-order chi connectivity index (χ0) is 16.7. The molecule has 1 aliphatic heterocycles. The number of piperazine rings is 1. The Morgan fingerprint density at radius 2 is 1.78 bits per heavy atom. The smallest absolute Gasteiger partial charge is 0.167 e. The van der Waals surface area contributed by atoms with E-state index in [4.69, 9.17) is 9.84 Å². The van der Waals surface area contributed by atoms with Gasteiger partial charge < -0.3 is 14.9 Å². The fraction of sp³-hybridized carbons (Fsp3) is 1.00. The van der Waals surface area contributed by atoms with Crippen LogP contribution in [0, 0.1) is 16.7 Å². The zero-order valence-electron chi connectivity index (χ0n) is 15.0. The number of β-amino-alcohol motifs (C(OH)–C–C–N with tert-alkyl or cyclic N) is 2. The maximum atomic E-state index is 10.4. The number of aliphatic hydroxyl groups excluding tert-OH is 2. The van der Waals surface area contributed by atoms with Crippen molar-refractivity contribution in [3.05, 3.63) is 0 Å². The summed E-state index contributed by atoms with van der Waals surface area (Å²) in [6.45, 7) is 12.5. The van der Waals surface area contributed by atoms with E-state index >= 15 is 0 Å². The van der Waals surface area contributed by atoms with Gasteiger partial charge in [0.1, 0.15) is 0 Å². The predicted octanol–water partition coefficient (Wildman–Crippen LogP) is 1.15. The van der Waals surface area contributed by atoms with Crippen molar-refractivity contribution in [2.45, 2.75) is 52.4 Å². The lowest BCUT2D eigenvalue weighted by Crippen LogP contribution is -2.50. The molecule has 2 bridgehead atoms. The van der Waals surface area contributed by atoms with Crippen LogP contribution in [-0.2, 0) is 4.74 Å². The van der Waals surface area contributed by atoms with Gasteiger partial charge in [-0.05, 0) is 36.0 Å². The first-order chi connectivity index (χ1) is 10.9. The Morgan fingerprint density at radius 3 is 2.30 bits per heavy atom. The van der Waals surface area contributed by atoms with E-state index in [2.05, 4.69) is 30.6 Å². The van der Waals surface area contributed by atoms with E-state index in [0.717, 1.165) is 45.1 Å². The van der Waals surface area contributed by atoms with Crippen LogP contribution in [0.15, 0.2) is 0 Å². The normalized spacial score (nSPS) is 39.0. The van der Waals surface area contributed by atoms with Crippen LogP contribution in [-0.4, -0.2) is 78.3 Å². The molecule has 2 aliphatic carbocycles. The number of nitrogens with zero attached hydrogens (tertiary/aromatic N) is 2. The minimum atomic E-state index is -0.684. The highest BCUT2D eigenvalue weighted by atomic mass is 16.6. The summed E-state index contributed by atoms with van der Waals surface area (Å²) in [7, 11) is 0. The summed E-state index contributed by atoms with van der Waals surface area (Å²) >= 11 is 0. The first-order valence-electron chi connectivity index (χ1n) is 9.26. The standard InChI is InChI=1S/C18H34N2O3/c1-17(2)14-4-5-18(17,3)15(12-14)23-16(22)13-20-8-6-19(7-9-20)10-11-21/h14-16,21-22H,4-13H2,1-3H3/t14-,15+,16+,18-/m0/s1. The maximum absolute atomic E-state index is 10.4. The number of ether oxygens (including phenoxy) is 1. The van der Waals surface area contributed by atoms with Gasteiger partial charge in [-0.1, -0.05) is 20.8 Å². The van der Waals surface area contributed by atoms with Crippen LogP contribution in [0.1, 0.15) is 40.0 Å². The lowest BCUT2D eigenvalue weighted by Gasteiger charge is -2.40. The fourth-order valence-electron chi connectivity index (χ4n) is 5.13. The summed E-state index contributed by atoms with van der Waals surface area (Å²) in [5, 5.41) is 19.4. The molecule has 0 amide bonds. The third kappa shape index (κ3) is 3.19. The van der Waals surface area contributed by atoms with E-state index in [9.17, 15) is 5.11 Å². The van der Waals surface area contributed by atoms with Crippen LogP contribution < -0.4 is 0 Å². The lowest BCUT2D eigenvalue weighted by molar-refractivity contribution is -0.181. The van der Waals surface area contributed by atoms with Crippen molar-refractivity contribution in [2.75, 3.05) is 45.9 Å². The molecule has 0 unspecified atom stereocenters. The molecule has 3 aliphatic rings. The molecule has 0 aromatic rings. The van der Waals surface area contributed by atoms with Gasteiger partial charge >= 0.3 is 0 Å². The molecule has 0 aromatic heterocycles. The predicted molar refractivity (Wildman–Crippen MR) is 90.1 cm³/mol. The highest BCUT2D eigenvalue weighted by Crippen LogP contribution is 2.66. The molecule has 2 N–H and O–H groups in total. The minimum absolute atomic E-state index is 0.196. The molecule has 23 heavy (non-hydrogen) atoms. The first-order valence-corrected chi connectivity index (χ1v) is 9.26. The van der Waals surface area contributed by atoms with Gasteiger partial charge in [-0.25, -0.2) is 0 Å². The second-order valence-electron chi connectivity index (χ2n) is 8.56. The molecule has 5 heteroatoms. The molecule has 3 fully saturated rings. The van der Waals surface area contributed by atoms with Gasteiger partial charge in [-0.15, -0.1) is 0 Å². The molecule has 134 valence electrons. The van der Waals surface area contributed by atoms with Crippen LogP contribution in [0.2, 0.25) is 0 Å². The highest BCUT2D eigenvalue weighted by Gasteiger charge is 2.62. The number of fused-ring (bicyclic) bond motifs is 2. The van der Waals surface area contributed by atoms with Gasteiger partial charge in [0.05, 0.1) is 12.7 Å².